The Morgan fingerprint density at radius 2 is 1.94 bits per heavy atom. The van der Waals surface area contributed by atoms with Gasteiger partial charge in [0.25, 0.3) is 0 Å². The Balaban J connectivity index is 1.70. The van der Waals surface area contributed by atoms with Gasteiger partial charge in [-0.25, -0.2) is 0 Å². The first-order valence-corrected chi connectivity index (χ1v) is 5.67. The fraction of sp³-hybridized carbons (Fsp3) is 0.0714. The van der Waals surface area contributed by atoms with E-state index >= 15 is 0 Å². The van der Waals surface area contributed by atoms with Crippen molar-refractivity contribution in [3.8, 4) is 0 Å². The molecule has 3 aromatic rings. The van der Waals surface area contributed by atoms with Gasteiger partial charge in [-0.1, -0.05) is 0 Å². The molecule has 4 nitrogen and oxygen atoms in total. The summed E-state index contributed by atoms with van der Waals surface area (Å²) in [6.07, 6.45) is 9.03. The summed E-state index contributed by atoms with van der Waals surface area (Å²) in [5.74, 6) is 1.70. The van der Waals surface area contributed by atoms with E-state index in [-0.39, 0.29) is 0 Å². The van der Waals surface area contributed by atoms with Gasteiger partial charge in [-0.3, -0.25) is 4.68 Å². The molecule has 3 heterocycles. The minimum Gasteiger partial charge on any atom is -0.467 e. The standard InChI is InChI=1S/C14H12N2O2/c1-3-13(17-9-1)6-5-12-7-8-16(15-12)11-14-4-2-10-18-14/h1-10H,11H2. The Hall–Kier alpha value is -2.49. The van der Waals surface area contributed by atoms with Crippen molar-refractivity contribution in [1.29, 1.82) is 0 Å². The zero-order valence-electron chi connectivity index (χ0n) is 9.69. The molecule has 3 rings (SSSR count). The molecule has 0 radical (unpaired) electrons. The minimum absolute atomic E-state index is 0.640. The van der Waals surface area contributed by atoms with Crippen molar-refractivity contribution >= 4 is 12.2 Å². The van der Waals surface area contributed by atoms with E-state index in [4.69, 9.17) is 8.83 Å². The first kappa shape index (κ1) is 10.7. The predicted molar refractivity (Wildman–Crippen MR) is 67.7 cm³/mol. The average molecular weight is 240 g/mol. The van der Waals surface area contributed by atoms with Gasteiger partial charge in [-0.2, -0.15) is 5.10 Å². The smallest absolute Gasteiger partial charge is 0.126 e. The van der Waals surface area contributed by atoms with Crippen molar-refractivity contribution in [1.82, 2.24) is 9.78 Å². The van der Waals surface area contributed by atoms with Gasteiger partial charge in [0.15, 0.2) is 0 Å². The largest absolute Gasteiger partial charge is 0.467 e. The predicted octanol–water partition coefficient (Wildman–Crippen LogP) is 3.29. The summed E-state index contributed by atoms with van der Waals surface area (Å²) in [5.41, 5.74) is 0.887. The first-order valence-electron chi connectivity index (χ1n) is 5.67. The Kier molecular flexibility index (Phi) is 2.84. The van der Waals surface area contributed by atoms with Gasteiger partial charge in [0.05, 0.1) is 24.8 Å². The van der Waals surface area contributed by atoms with Crippen molar-refractivity contribution in [2.24, 2.45) is 0 Å². The Morgan fingerprint density at radius 3 is 2.72 bits per heavy atom. The SMILES string of the molecule is C(=Cc1ccco1)c1ccn(Cc2ccco2)n1. The highest BCUT2D eigenvalue weighted by Crippen LogP contribution is 2.08. The zero-order valence-corrected chi connectivity index (χ0v) is 9.69. The van der Waals surface area contributed by atoms with Crippen LogP contribution in [0.4, 0.5) is 0 Å². The van der Waals surface area contributed by atoms with E-state index in [2.05, 4.69) is 5.10 Å². The van der Waals surface area contributed by atoms with E-state index in [1.807, 2.05) is 53.4 Å². The molecule has 0 saturated carbocycles. The normalized spacial score (nSPS) is 11.3. The molecule has 0 atom stereocenters. The van der Waals surface area contributed by atoms with Crippen molar-refractivity contribution < 1.29 is 8.83 Å². The van der Waals surface area contributed by atoms with Crippen LogP contribution in [-0.4, -0.2) is 9.78 Å². The molecular weight excluding hydrogens is 228 g/mol. The molecule has 0 aliphatic carbocycles. The summed E-state index contributed by atoms with van der Waals surface area (Å²) >= 11 is 0. The molecule has 0 aliphatic heterocycles. The van der Waals surface area contributed by atoms with Crippen molar-refractivity contribution in [2.75, 3.05) is 0 Å². The molecule has 18 heavy (non-hydrogen) atoms. The third-order valence-electron chi connectivity index (χ3n) is 2.52. The van der Waals surface area contributed by atoms with Crippen LogP contribution in [0.1, 0.15) is 17.2 Å². The molecular formula is C14H12N2O2. The molecule has 90 valence electrons. The van der Waals surface area contributed by atoms with Crippen LogP contribution in [0.2, 0.25) is 0 Å². The number of hydrogen-bond donors (Lipinski definition) is 0. The second kappa shape index (κ2) is 4.79. The summed E-state index contributed by atoms with van der Waals surface area (Å²) in [6.45, 7) is 0.640. The molecule has 0 fully saturated rings. The van der Waals surface area contributed by atoms with Crippen LogP contribution in [0.25, 0.3) is 12.2 Å². The van der Waals surface area contributed by atoms with E-state index < -0.39 is 0 Å². The van der Waals surface area contributed by atoms with Gasteiger partial charge in [0, 0.05) is 6.20 Å². The van der Waals surface area contributed by atoms with Gasteiger partial charge in [-0.05, 0) is 42.5 Å². The van der Waals surface area contributed by atoms with Crippen LogP contribution in [0.5, 0.6) is 0 Å². The second-order valence-corrected chi connectivity index (χ2v) is 3.87. The fourth-order valence-electron chi connectivity index (χ4n) is 1.67. The van der Waals surface area contributed by atoms with Crippen LogP contribution in [0.15, 0.2) is 57.9 Å². The molecule has 0 unspecified atom stereocenters. The van der Waals surface area contributed by atoms with Crippen LogP contribution in [-0.2, 0) is 6.54 Å². The number of rotatable bonds is 4. The molecule has 0 bridgehead atoms. The second-order valence-electron chi connectivity index (χ2n) is 3.87. The Labute approximate surface area is 104 Å². The lowest BCUT2D eigenvalue weighted by Crippen LogP contribution is -1.98. The van der Waals surface area contributed by atoms with Crippen molar-refractivity contribution in [3.63, 3.8) is 0 Å². The lowest BCUT2D eigenvalue weighted by Gasteiger charge is -1.96. The third-order valence-corrected chi connectivity index (χ3v) is 2.52. The molecule has 0 saturated heterocycles. The van der Waals surface area contributed by atoms with Gasteiger partial charge >= 0.3 is 0 Å². The van der Waals surface area contributed by atoms with E-state index in [1.165, 1.54) is 0 Å². The average Bonchev–Trinajstić information content (AvgIpc) is 3.09. The number of furan rings is 2. The summed E-state index contributed by atoms with van der Waals surface area (Å²) in [7, 11) is 0. The highest BCUT2D eigenvalue weighted by molar-refractivity contribution is 5.65. The molecule has 0 N–H and O–H groups in total. The maximum atomic E-state index is 5.27. The van der Waals surface area contributed by atoms with Gasteiger partial charge in [-0.15, -0.1) is 0 Å². The zero-order chi connectivity index (χ0) is 12.2. The summed E-state index contributed by atoms with van der Waals surface area (Å²) in [4.78, 5) is 0. The molecule has 0 spiro atoms. The minimum atomic E-state index is 0.640. The topological polar surface area (TPSA) is 44.1 Å². The summed E-state index contributed by atoms with van der Waals surface area (Å²) in [6, 6.07) is 9.50. The van der Waals surface area contributed by atoms with Gasteiger partial charge < -0.3 is 8.83 Å². The van der Waals surface area contributed by atoms with Gasteiger partial charge in [0.1, 0.15) is 11.5 Å². The van der Waals surface area contributed by atoms with Crippen LogP contribution < -0.4 is 0 Å². The van der Waals surface area contributed by atoms with Crippen LogP contribution >= 0.6 is 0 Å². The molecule has 3 aromatic heterocycles. The van der Waals surface area contributed by atoms with E-state index in [1.54, 1.807) is 12.5 Å². The van der Waals surface area contributed by atoms with Crippen LogP contribution in [0, 0.1) is 0 Å². The maximum Gasteiger partial charge on any atom is 0.126 e. The quantitative estimate of drug-likeness (QED) is 0.702. The number of aromatic nitrogens is 2. The Bertz CT molecular complexity index is 619. The van der Waals surface area contributed by atoms with Gasteiger partial charge in [0.2, 0.25) is 0 Å². The van der Waals surface area contributed by atoms with E-state index in [9.17, 15) is 0 Å². The number of hydrogen-bond acceptors (Lipinski definition) is 3. The lowest BCUT2D eigenvalue weighted by atomic mass is 10.3. The highest BCUT2D eigenvalue weighted by atomic mass is 16.3. The van der Waals surface area contributed by atoms with Crippen molar-refractivity contribution in [3.05, 3.63) is 66.3 Å². The molecule has 0 aliphatic rings. The number of nitrogens with zero attached hydrogens (tertiary/aromatic N) is 2. The molecule has 0 aromatic carbocycles. The fourth-order valence-corrected chi connectivity index (χ4v) is 1.67. The lowest BCUT2D eigenvalue weighted by molar-refractivity contribution is 0.480. The Morgan fingerprint density at radius 1 is 1.06 bits per heavy atom. The summed E-state index contributed by atoms with van der Waals surface area (Å²) in [5, 5.41) is 4.41. The first-order chi connectivity index (χ1) is 8.90. The third kappa shape index (κ3) is 2.43. The highest BCUT2D eigenvalue weighted by Gasteiger charge is 1.99. The van der Waals surface area contributed by atoms with E-state index in [0.717, 1.165) is 17.2 Å². The maximum absolute atomic E-state index is 5.27. The summed E-state index contributed by atoms with van der Waals surface area (Å²) < 4.78 is 12.3. The molecule has 0 amide bonds. The van der Waals surface area contributed by atoms with Crippen molar-refractivity contribution in [2.45, 2.75) is 6.54 Å². The van der Waals surface area contributed by atoms with E-state index in [0.29, 0.717) is 6.54 Å². The monoisotopic (exact) mass is 240 g/mol. The van der Waals surface area contributed by atoms with Crippen LogP contribution in [0.3, 0.4) is 0 Å². The molecule has 4 heteroatoms.